The molecular formula is C9H14N4O. The molecule has 0 amide bonds. The highest BCUT2D eigenvalue weighted by molar-refractivity contribution is 5.75. The quantitative estimate of drug-likeness (QED) is 0.526. The van der Waals surface area contributed by atoms with Gasteiger partial charge in [0.25, 0.3) is 0 Å². The molecule has 0 aliphatic carbocycles. The van der Waals surface area contributed by atoms with Gasteiger partial charge in [0, 0.05) is 6.20 Å². The van der Waals surface area contributed by atoms with Crippen molar-refractivity contribution >= 4 is 5.96 Å². The Morgan fingerprint density at radius 2 is 2.43 bits per heavy atom. The van der Waals surface area contributed by atoms with Crippen molar-refractivity contribution < 1.29 is 4.74 Å². The van der Waals surface area contributed by atoms with Gasteiger partial charge in [-0.25, -0.2) is 4.99 Å². The first-order valence-electron chi connectivity index (χ1n) is 4.30. The minimum absolute atomic E-state index is 0.0682. The number of pyridine rings is 1. The van der Waals surface area contributed by atoms with Crippen molar-refractivity contribution in [2.45, 2.75) is 13.0 Å². The molecule has 0 fully saturated rings. The third-order valence-electron chi connectivity index (χ3n) is 1.50. The molecule has 0 bridgehead atoms. The van der Waals surface area contributed by atoms with Gasteiger partial charge in [0.15, 0.2) is 5.96 Å². The maximum absolute atomic E-state index is 5.48. The average Bonchev–Trinajstić information content (AvgIpc) is 2.16. The Morgan fingerprint density at radius 1 is 1.64 bits per heavy atom. The first-order valence-corrected chi connectivity index (χ1v) is 4.30. The van der Waals surface area contributed by atoms with E-state index in [0.29, 0.717) is 12.3 Å². The molecule has 4 N–H and O–H groups in total. The second kappa shape index (κ2) is 5.06. The highest BCUT2D eigenvalue weighted by Crippen LogP contribution is 2.08. The smallest absolute Gasteiger partial charge is 0.186 e. The predicted molar refractivity (Wildman–Crippen MR) is 55.0 cm³/mol. The number of hydrogen-bond donors (Lipinski definition) is 2. The van der Waals surface area contributed by atoms with Crippen LogP contribution in [0.15, 0.2) is 29.5 Å². The molecular weight excluding hydrogens is 180 g/mol. The molecule has 5 nitrogen and oxygen atoms in total. The van der Waals surface area contributed by atoms with Crippen molar-refractivity contribution in [2.24, 2.45) is 16.5 Å². The number of hydrogen-bond acceptors (Lipinski definition) is 3. The summed E-state index contributed by atoms with van der Waals surface area (Å²) in [6.07, 6.45) is 3.26. The number of aliphatic imine (C=N–C) groups is 1. The lowest BCUT2D eigenvalue weighted by molar-refractivity contribution is 0.229. The van der Waals surface area contributed by atoms with Crippen molar-refractivity contribution in [3.63, 3.8) is 0 Å². The summed E-state index contributed by atoms with van der Waals surface area (Å²) in [5.74, 6) is 0.789. The largest absolute Gasteiger partial charge is 0.487 e. The minimum atomic E-state index is -0.0682. The summed E-state index contributed by atoms with van der Waals surface area (Å²) in [6, 6.07) is 3.64. The van der Waals surface area contributed by atoms with Gasteiger partial charge < -0.3 is 16.2 Å². The van der Waals surface area contributed by atoms with Crippen molar-refractivity contribution in [3.05, 3.63) is 24.5 Å². The van der Waals surface area contributed by atoms with Crippen LogP contribution in [-0.2, 0) is 0 Å². The maximum Gasteiger partial charge on any atom is 0.186 e. The van der Waals surface area contributed by atoms with Gasteiger partial charge in [-0.05, 0) is 19.1 Å². The summed E-state index contributed by atoms with van der Waals surface area (Å²) >= 11 is 0. The Labute approximate surface area is 82.8 Å². The summed E-state index contributed by atoms with van der Waals surface area (Å²) < 4.78 is 5.48. The monoisotopic (exact) mass is 194 g/mol. The summed E-state index contributed by atoms with van der Waals surface area (Å²) in [6.45, 7) is 2.33. The lowest BCUT2D eigenvalue weighted by Crippen LogP contribution is -2.26. The van der Waals surface area contributed by atoms with Crippen LogP contribution in [0, 0.1) is 0 Å². The fourth-order valence-corrected chi connectivity index (χ4v) is 0.920. The van der Waals surface area contributed by atoms with Crippen LogP contribution in [0.3, 0.4) is 0 Å². The maximum atomic E-state index is 5.48. The summed E-state index contributed by atoms with van der Waals surface area (Å²) in [4.78, 5) is 7.77. The zero-order valence-electron chi connectivity index (χ0n) is 8.05. The van der Waals surface area contributed by atoms with E-state index in [-0.39, 0.29) is 12.1 Å². The lowest BCUT2D eigenvalue weighted by atomic mass is 10.4. The number of rotatable bonds is 4. The van der Waals surface area contributed by atoms with Crippen LogP contribution in [0.25, 0.3) is 0 Å². The van der Waals surface area contributed by atoms with Crippen LogP contribution in [0.5, 0.6) is 5.75 Å². The van der Waals surface area contributed by atoms with Gasteiger partial charge in [-0.3, -0.25) is 4.98 Å². The molecule has 0 spiro atoms. The highest BCUT2D eigenvalue weighted by Gasteiger charge is 2.02. The molecule has 5 heteroatoms. The van der Waals surface area contributed by atoms with E-state index in [1.165, 1.54) is 0 Å². The number of ether oxygens (including phenoxy) is 1. The van der Waals surface area contributed by atoms with Crippen molar-refractivity contribution in [1.82, 2.24) is 4.98 Å². The summed E-state index contributed by atoms with van der Waals surface area (Å²) in [5.41, 5.74) is 10.4. The van der Waals surface area contributed by atoms with Crippen molar-refractivity contribution in [2.75, 3.05) is 6.54 Å². The van der Waals surface area contributed by atoms with Crippen LogP contribution in [0.4, 0.5) is 0 Å². The molecule has 0 aromatic carbocycles. The Bertz CT molecular complexity index is 295. The van der Waals surface area contributed by atoms with E-state index >= 15 is 0 Å². The van der Waals surface area contributed by atoms with Gasteiger partial charge in [-0.15, -0.1) is 0 Å². The third-order valence-corrected chi connectivity index (χ3v) is 1.50. The number of aromatic nitrogens is 1. The zero-order chi connectivity index (χ0) is 10.4. The van der Waals surface area contributed by atoms with E-state index < -0.39 is 0 Å². The van der Waals surface area contributed by atoms with E-state index in [0.717, 1.165) is 0 Å². The average molecular weight is 194 g/mol. The Hall–Kier alpha value is -1.78. The fourth-order valence-electron chi connectivity index (χ4n) is 0.920. The van der Waals surface area contributed by atoms with Crippen molar-refractivity contribution in [1.29, 1.82) is 0 Å². The van der Waals surface area contributed by atoms with E-state index in [4.69, 9.17) is 16.2 Å². The number of nitrogens with zero attached hydrogens (tertiary/aromatic N) is 2. The third kappa shape index (κ3) is 3.75. The Balaban J connectivity index is 2.42. The number of guanidine groups is 1. The Morgan fingerprint density at radius 3 is 3.00 bits per heavy atom. The highest BCUT2D eigenvalue weighted by atomic mass is 16.5. The standard InChI is InChI=1S/C9H14N4O/c1-7(5-13-9(10)11)14-8-3-2-4-12-6-8/h2-4,6-7H,5H2,1H3,(H4,10,11,13). The van der Waals surface area contributed by atoms with E-state index in [1.54, 1.807) is 12.4 Å². The van der Waals surface area contributed by atoms with Gasteiger partial charge in [0.05, 0.1) is 12.7 Å². The molecule has 1 atom stereocenters. The van der Waals surface area contributed by atoms with Gasteiger partial charge in [0.1, 0.15) is 11.9 Å². The van der Waals surface area contributed by atoms with Crippen LogP contribution < -0.4 is 16.2 Å². The SMILES string of the molecule is CC(CN=C(N)N)Oc1cccnc1. The van der Waals surface area contributed by atoms with Gasteiger partial charge in [0.2, 0.25) is 0 Å². The fraction of sp³-hybridized carbons (Fsp3) is 0.333. The molecule has 0 saturated carbocycles. The number of nitrogens with two attached hydrogens (primary N) is 2. The first-order chi connectivity index (χ1) is 6.68. The second-order valence-electron chi connectivity index (χ2n) is 2.88. The topological polar surface area (TPSA) is 86.5 Å². The molecule has 76 valence electrons. The van der Waals surface area contributed by atoms with Gasteiger partial charge in [-0.2, -0.15) is 0 Å². The summed E-state index contributed by atoms with van der Waals surface area (Å²) in [5, 5.41) is 0. The second-order valence-corrected chi connectivity index (χ2v) is 2.88. The van der Waals surface area contributed by atoms with E-state index in [1.807, 2.05) is 19.1 Å². The van der Waals surface area contributed by atoms with Crippen LogP contribution in [-0.4, -0.2) is 23.6 Å². The molecule has 1 aromatic rings. The molecule has 0 radical (unpaired) electrons. The van der Waals surface area contributed by atoms with E-state index in [9.17, 15) is 0 Å². The minimum Gasteiger partial charge on any atom is -0.487 e. The molecule has 1 aromatic heterocycles. The zero-order valence-corrected chi connectivity index (χ0v) is 8.05. The van der Waals surface area contributed by atoms with Crippen LogP contribution >= 0.6 is 0 Å². The molecule has 0 aliphatic heterocycles. The van der Waals surface area contributed by atoms with Crippen LogP contribution in [0.1, 0.15) is 6.92 Å². The molecule has 1 unspecified atom stereocenters. The van der Waals surface area contributed by atoms with E-state index in [2.05, 4.69) is 9.98 Å². The molecule has 1 rings (SSSR count). The first kappa shape index (κ1) is 10.3. The molecule has 0 aliphatic rings. The molecule has 14 heavy (non-hydrogen) atoms. The molecule has 1 heterocycles. The normalized spacial score (nSPS) is 11.8. The van der Waals surface area contributed by atoms with Gasteiger partial charge in [-0.1, -0.05) is 0 Å². The summed E-state index contributed by atoms with van der Waals surface area (Å²) in [7, 11) is 0. The van der Waals surface area contributed by atoms with Gasteiger partial charge >= 0.3 is 0 Å². The predicted octanol–water partition coefficient (Wildman–Crippen LogP) is 0.122. The van der Waals surface area contributed by atoms with Crippen LogP contribution in [0.2, 0.25) is 0 Å². The van der Waals surface area contributed by atoms with Crippen molar-refractivity contribution in [3.8, 4) is 5.75 Å². The molecule has 0 saturated heterocycles. The Kier molecular flexibility index (Phi) is 3.72. The lowest BCUT2D eigenvalue weighted by Gasteiger charge is -2.11.